The zero-order valence-electron chi connectivity index (χ0n) is 20.0. The van der Waals surface area contributed by atoms with Crippen molar-refractivity contribution in [3.63, 3.8) is 0 Å². The van der Waals surface area contributed by atoms with Gasteiger partial charge in [-0.15, -0.1) is 0 Å². The number of hydrogen-bond donors (Lipinski definition) is 0. The van der Waals surface area contributed by atoms with Gasteiger partial charge in [0.15, 0.2) is 27.2 Å². The lowest BCUT2D eigenvalue weighted by Crippen LogP contribution is -2.24. The molecule has 0 saturated carbocycles. The van der Waals surface area contributed by atoms with Crippen LogP contribution in [0.2, 0.25) is 0 Å². The minimum atomic E-state index is -3.34. The van der Waals surface area contributed by atoms with Gasteiger partial charge in [0.1, 0.15) is 0 Å². The Balaban J connectivity index is 1.44. The zero-order valence-corrected chi connectivity index (χ0v) is 20.9. The van der Waals surface area contributed by atoms with Crippen LogP contribution >= 0.6 is 0 Å². The summed E-state index contributed by atoms with van der Waals surface area (Å²) in [4.78, 5) is 11.1. The monoisotopic (exact) mass is 501 g/mol. The number of aryl methyl sites for hydroxylation is 1. The first kappa shape index (κ1) is 25.0. The first-order valence-corrected chi connectivity index (χ1v) is 13.4. The van der Waals surface area contributed by atoms with E-state index >= 15 is 0 Å². The zero-order chi connectivity index (χ0) is 25.2. The number of hydrogen-bond acceptors (Lipinski definition) is 6. The Morgan fingerprint density at radius 3 is 2.20 bits per heavy atom. The van der Waals surface area contributed by atoms with Crippen molar-refractivity contribution in [2.24, 2.45) is 11.8 Å². The molecular formula is C26H29F2N3O3S. The Morgan fingerprint density at radius 1 is 1.00 bits per heavy atom. The van der Waals surface area contributed by atoms with Crippen LogP contribution in [0.5, 0.6) is 5.75 Å². The maximum atomic E-state index is 14.8. The van der Waals surface area contributed by atoms with Crippen LogP contribution < -0.4 is 9.64 Å². The maximum absolute atomic E-state index is 14.8. The van der Waals surface area contributed by atoms with Gasteiger partial charge in [-0.05, 0) is 53.3 Å². The van der Waals surface area contributed by atoms with E-state index in [1.54, 1.807) is 19.1 Å². The molecule has 6 nitrogen and oxygen atoms in total. The largest absolute Gasteiger partial charge is 0.487 e. The fourth-order valence-corrected chi connectivity index (χ4v) is 5.07. The molecule has 0 spiro atoms. The van der Waals surface area contributed by atoms with Crippen LogP contribution in [0.4, 0.5) is 14.7 Å². The average molecular weight is 502 g/mol. The molecule has 2 aromatic carbocycles. The molecule has 186 valence electrons. The highest BCUT2D eigenvalue weighted by Crippen LogP contribution is 2.32. The molecule has 1 fully saturated rings. The summed E-state index contributed by atoms with van der Waals surface area (Å²) in [5, 5.41) is 0. The molecule has 0 radical (unpaired) electrons. The van der Waals surface area contributed by atoms with Crippen LogP contribution in [0, 0.1) is 23.5 Å². The Kier molecular flexibility index (Phi) is 7.35. The second kappa shape index (κ2) is 10.3. The van der Waals surface area contributed by atoms with Crippen molar-refractivity contribution < 1.29 is 21.9 Å². The quantitative estimate of drug-likeness (QED) is 0.436. The molecule has 0 N–H and O–H groups in total. The van der Waals surface area contributed by atoms with Gasteiger partial charge in [-0.25, -0.2) is 27.2 Å². The van der Waals surface area contributed by atoms with Crippen molar-refractivity contribution in [3.05, 3.63) is 66.0 Å². The second-order valence-corrected chi connectivity index (χ2v) is 11.2. The summed E-state index contributed by atoms with van der Waals surface area (Å²) < 4.78 is 59.2. The standard InChI is InChI=1S/C26H29F2N3O3S/c1-4-18-12-29-26(30-13-18)31-14-17(3)21(15-31)16-34-25-23(27)10-20(11-24(25)28)19-6-8-22(9-7-19)35(32,33)5-2/h6-13,17,21H,4-5,14-16H2,1-3H3. The van der Waals surface area contributed by atoms with Gasteiger partial charge in [0.25, 0.3) is 0 Å². The highest BCUT2D eigenvalue weighted by atomic mass is 32.2. The second-order valence-electron chi connectivity index (χ2n) is 8.90. The molecule has 35 heavy (non-hydrogen) atoms. The van der Waals surface area contributed by atoms with Crippen molar-refractivity contribution >= 4 is 15.8 Å². The normalized spacial score (nSPS) is 18.1. The third-order valence-corrected chi connectivity index (χ3v) is 8.27. The van der Waals surface area contributed by atoms with Crippen molar-refractivity contribution in [3.8, 4) is 16.9 Å². The number of sulfone groups is 1. The van der Waals surface area contributed by atoms with Crippen LogP contribution in [0.25, 0.3) is 11.1 Å². The fourth-order valence-electron chi connectivity index (χ4n) is 4.18. The number of rotatable bonds is 8. The van der Waals surface area contributed by atoms with Crippen molar-refractivity contribution in [1.82, 2.24) is 9.97 Å². The van der Waals surface area contributed by atoms with Gasteiger partial charge in [0.05, 0.1) is 17.3 Å². The van der Waals surface area contributed by atoms with Crippen molar-refractivity contribution in [2.75, 3.05) is 30.3 Å². The van der Waals surface area contributed by atoms with Gasteiger partial charge in [0, 0.05) is 31.4 Å². The van der Waals surface area contributed by atoms with E-state index in [9.17, 15) is 17.2 Å². The molecule has 1 aromatic heterocycles. The van der Waals surface area contributed by atoms with Gasteiger partial charge in [-0.3, -0.25) is 0 Å². The summed E-state index contributed by atoms with van der Waals surface area (Å²) in [6, 6.07) is 8.38. The minimum Gasteiger partial charge on any atom is -0.487 e. The third kappa shape index (κ3) is 5.45. The molecule has 0 aliphatic carbocycles. The van der Waals surface area contributed by atoms with Gasteiger partial charge < -0.3 is 9.64 Å². The van der Waals surface area contributed by atoms with E-state index in [1.165, 1.54) is 24.3 Å². The van der Waals surface area contributed by atoms with E-state index in [0.717, 1.165) is 18.5 Å². The Bertz CT molecular complexity index is 1260. The first-order chi connectivity index (χ1) is 16.7. The number of anilines is 1. The predicted molar refractivity (Wildman–Crippen MR) is 131 cm³/mol. The van der Waals surface area contributed by atoms with E-state index in [0.29, 0.717) is 23.6 Å². The summed E-state index contributed by atoms with van der Waals surface area (Å²) in [6.07, 6.45) is 4.51. The molecule has 1 aliphatic heterocycles. The lowest BCUT2D eigenvalue weighted by molar-refractivity contribution is 0.216. The Labute approximate surface area is 204 Å². The molecule has 2 atom stereocenters. The number of nitrogens with zero attached hydrogens (tertiary/aromatic N) is 3. The number of ether oxygens (including phenoxy) is 1. The summed E-state index contributed by atoms with van der Waals surface area (Å²) in [5.41, 5.74) is 1.89. The number of benzene rings is 2. The predicted octanol–water partition coefficient (Wildman–Crippen LogP) is 4.93. The van der Waals surface area contributed by atoms with Crippen molar-refractivity contribution in [2.45, 2.75) is 32.1 Å². The number of halogens is 2. The molecule has 0 amide bonds. The van der Waals surface area contributed by atoms with E-state index in [1.807, 2.05) is 19.3 Å². The van der Waals surface area contributed by atoms with Crippen LogP contribution in [0.15, 0.2) is 53.7 Å². The maximum Gasteiger partial charge on any atom is 0.225 e. The van der Waals surface area contributed by atoms with E-state index in [2.05, 4.69) is 21.8 Å². The highest BCUT2D eigenvalue weighted by molar-refractivity contribution is 7.91. The molecule has 4 rings (SSSR count). The molecule has 1 aliphatic rings. The van der Waals surface area contributed by atoms with Crippen LogP contribution in [0.1, 0.15) is 26.3 Å². The van der Waals surface area contributed by atoms with Gasteiger partial charge >= 0.3 is 0 Å². The third-order valence-electron chi connectivity index (χ3n) is 6.52. The smallest absolute Gasteiger partial charge is 0.225 e. The minimum absolute atomic E-state index is 0.0167. The molecule has 2 heterocycles. The lowest BCUT2D eigenvalue weighted by Gasteiger charge is -2.17. The van der Waals surface area contributed by atoms with E-state index in [4.69, 9.17) is 4.74 Å². The summed E-state index contributed by atoms with van der Waals surface area (Å²) in [7, 11) is -3.34. The van der Waals surface area contributed by atoms with Crippen LogP contribution in [-0.2, 0) is 16.3 Å². The van der Waals surface area contributed by atoms with Gasteiger partial charge in [-0.1, -0.05) is 32.9 Å². The molecule has 3 aromatic rings. The highest BCUT2D eigenvalue weighted by Gasteiger charge is 2.32. The SMILES string of the molecule is CCc1cnc(N2CC(C)C(COc3c(F)cc(-c4ccc(S(=O)(=O)CC)cc4)cc3F)C2)nc1. The molecule has 9 heteroatoms. The van der Waals surface area contributed by atoms with E-state index < -0.39 is 27.2 Å². The van der Waals surface area contributed by atoms with Gasteiger partial charge in [0.2, 0.25) is 5.95 Å². The molecule has 1 saturated heterocycles. The van der Waals surface area contributed by atoms with Crippen LogP contribution in [0.3, 0.4) is 0 Å². The number of aromatic nitrogens is 2. The molecule has 0 bridgehead atoms. The summed E-state index contributed by atoms with van der Waals surface area (Å²) in [6.45, 7) is 7.24. The topological polar surface area (TPSA) is 72.4 Å². The van der Waals surface area contributed by atoms with Gasteiger partial charge in [-0.2, -0.15) is 0 Å². The molecule has 2 unspecified atom stereocenters. The Hall–Kier alpha value is -3.07. The summed E-state index contributed by atoms with van der Waals surface area (Å²) in [5.74, 6) is -1.07. The van der Waals surface area contributed by atoms with Crippen molar-refractivity contribution in [1.29, 1.82) is 0 Å². The van der Waals surface area contributed by atoms with Crippen LogP contribution in [-0.4, -0.2) is 43.8 Å². The fraction of sp³-hybridized carbons (Fsp3) is 0.385. The Morgan fingerprint density at radius 2 is 1.63 bits per heavy atom. The summed E-state index contributed by atoms with van der Waals surface area (Å²) >= 11 is 0. The lowest BCUT2D eigenvalue weighted by atomic mass is 9.99. The first-order valence-electron chi connectivity index (χ1n) is 11.7. The van der Waals surface area contributed by atoms with E-state index in [-0.39, 0.29) is 29.1 Å². The molecular weight excluding hydrogens is 472 g/mol. The average Bonchev–Trinajstić information content (AvgIpc) is 3.23.